The summed E-state index contributed by atoms with van der Waals surface area (Å²) in [7, 11) is 1.64. The molecule has 0 atom stereocenters. The zero-order valence-corrected chi connectivity index (χ0v) is 16.6. The van der Waals surface area contributed by atoms with Crippen LogP contribution < -0.4 is 15.4 Å². The molecular formula is C22H27N3O3. The van der Waals surface area contributed by atoms with Crippen molar-refractivity contribution in [3.05, 3.63) is 59.2 Å². The highest BCUT2D eigenvalue weighted by Crippen LogP contribution is 2.30. The first-order valence-electron chi connectivity index (χ1n) is 9.52. The molecule has 1 heterocycles. The number of ether oxygens (including phenoxy) is 1. The summed E-state index contributed by atoms with van der Waals surface area (Å²) in [4.78, 5) is 26.3. The van der Waals surface area contributed by atoms with E-state index in [4.69, 9.17) is 4.74 Å². The maximum absolute atomic E-state index is 12.6. The van der Waals surface area contributed by atoms with Gasteiger partial charge in [-0.25, -0.2) is 4.79 Å². The summed E-state index contributed by atoms with van der Waals surface area (Å²) >= 11 is 0. The number of methoxy groups -OCH3 is 1. The molecule has 0 spiro atoms. The highest BCUT2D eigenvalue weighted by Gasteiger charge is 2.25. The van der Waals surface area contributed by atoms with Crippen LogP contribution in [0.3, 0.4) is 0 Å². The van der Waals surface area contributed by atoms with E-state index in [1.165, 1.54) is 0 Å². The molecule has 2 N–H and O–H groups in total. The summed E-state index contributed by atoms with van der Waals surface area (Å²) in [5.41, 5.74) is 3.86. The van der Waals surface area contributed by atoms with E-state index in [9.17, 15) is 9.59 Å². The molecule has 0 aliphatic carbocycles. The van der Waals surface area contributed by atoms with Crippen LogP contribution in [-0.4, -0.2) is 23.9 Å². The number of fused-ring (bicyclic) bond motifs is 1. The van der Waals surface area contributed by atoms with E-state index in [0.717, 1.165) is 28.1 Å². The molecule has 1 aliphatic rings. The molecule has 0 radical (unpaired) electrons. The first kappa shape index (κ1) is 19.7. The van der Waals surface area contributed by atoms with Crippen molar-refractivity contribution in [2.75, 3.05) is 12.4 Å². The van der Waals surface area contributed by atoms with Crippen LogP contribution in [0.4, 0.5) is 10.5 Å². The van der Waals surface area contributed by atoms with E-state index >= 15 is 0 Å². The lowest BCUT2D eigenvalue weighted by Gasteiger charge is -2.17. The third-order valence-electron chi connectivity index (χ3n) is 4.70. The predicted molar refractivity (Wildman–Crippen MR) is 109 cm³/mol. The van der Waals surface area contributed by atoms with Gasteiger partial charge in [0, 0.05) is 30.8 Å². The van der Waals surface area contributed by atoms with Crippen molar-refractivity contribution in [3.8, 4) is 5.75 Å². The zero-order chi connectivity index (χ0) is 20.1. The van der Waals surface area contributed by atoms with Gasteiger partial charge in [-0.2, -0.15) is 0 Å². The van der Waals surface area contributed by atoms with Gasteiger partial charge in [-0.05, 0) is 35.2 Å². The van der Waals surface area contributed by atoms with E-state index in [2.05, 4.69) is 10.6 Å². The van der Waals surface area contributed by atoms with Crippen LogP contribution in [-0.2, 0) is 24.4 Å². The number of carbonyl (C=O) groups is 2. The monoisotopic (exact) mass is 381 g/mol. The standard InChI is InChI=1S/C22H27N3O3/c1-15(2)10-21(26)24-18-8-4-6-16(11-18)12-23-22(27)25-13-17-7-5-9-20(28-3)19(17)14-25/h4-9,11,15H,10,12-14H2,1-3H3,(H,23,27)(H,24,26). The van der Waals surface area contributed by atoms with Gasteiger partial charge in [0.25, 0.3) is 0 Å². The molecule has 28 heavy (non-hydrogen) atoms. The number of amides is 3. The number of urea groups is 1. The average Bonchev–Trinajstić information content (AvgIpc) is 3.10. The van der Waals surface area contributed by atoms with E-state index < -0.39 is 0 Å². The first-order chi connectivity index (χ1) is 13.5. The van der Waals surface area contributed by atoms with Gasteiger partial charge in [0.15, 0.2) is 0 Å². The fraction of sp³-hybridized carbons (Fsp3) is 0.364. The van der Waals surface area contributed by atoms with Crippen molar-refractivity contribution in [3.63, 3.8) is 0 Å². The van der Waals surface area contributed by atoms with Crippen LogP contribution in [0.25, 0.3) is 0 Å². The minimum atomic E-state index is -0.118. The number of carbonyl (C=O) groups excluding carboxylic acids is 2. The van der Waals surface area contributed by atoms with E-state index in [1.807, 2.05) is 56.3 Å². The van der Waals surface area contributed by atoms with Crippen molar-refractivity contribution in [1.82, 2.24) is 10.2 Å². The fourth-order valence-electron chi connectivity index (χ4n) is 3.36. The van der Waals surface area contributed by atoms with E-state index in [1.54, 1.807) is 12.0 Å². The maximum atomic E-state index is 12.6. The SMILES string of the molecule is COc1cccc2c1CN(C(=O)NCc1cccc(NC(=O)CC(C)C)c1)C2. The van der Waals surface area contributed by atoms with Crippen molar-refractivity contribution in [1.29, 1.82) is 0 Å². The van der Waals surface area contributed by atoms with Gasteiger partial charge >= 0.3 is 6.03 Å². The van der Waals surface area contributed by atoms with Crippen LogP contribution in [0.5, 0.6) is 5.75 Å². The number of benzene rings is 2. The topological polar surface area (TPSA) is 70.7 Å². The first-order valence-corrected chi connectivity index (χ1v) is 9.52. The molecule has 148 valence electrons. The highest BCUT2D eigenvalue weighted by molar-refractivity contribution is 5.90. The summed E-state index contributed by atoms with van der Waals surface area (Å²) in [6.07, 6.45) is 0.486. The van der Waals surface area contributed by atoms with Gasteiger partial charge in [0.2, 0.25) is 5.91 Å². The Kier molecular flexibility index (Phi) is 6.19. The van der Waals surface area contributed by atoms with Gasteiger partial charge in [-0.15, -0.1) is 0 Å². The second-order valence-corrected chi connectivity index (χ2v) is 7.46. The molecule has 6 nitrogen and oxygen atoms in total. The third-order valence-corrected chi connectivity index (χ3v) is 4.70. The predicted octanol–water partition coefficient (Wildman–Crippen LogP) is 3.91. The molecule has 0 saturated heterocycles. The van der Waals surface area contributed by atoms with Crippen molar-refractivity contribution in [2.45, 2.75) is 39.9 Å². The van der Waals surface area contributed by atoms with Gasteiger partial charge in [-0.3, -0.25) is 4.79 Å². The zero-order valence-electron chi connectivity index (χ0n) is 16.6. The molecule has 0 saturated carbocycles. The number of hydrogen-bond donors (Lipinski definition) is 2. The summed E-state index contributed by atoms with van der Waals surface area (Å²) in [6.45, 7) is 5.53. The molecule has 0 aromatic heterocycles. The summed E-state index contributed by atoms with van der Waals surface area (Å²) in [5, 5.41) is 5.86. The second-order valence-electron chi connectivity index (χ2n) is 7.46. The molecule has 0 fully saturated rings. The summed E-state index contributed by atoms with van der Waals surface area (Å²) in [5.74, 6) is 1.13. The normalized spacial score (nSPS) is 12.6. The largest absolute Gasteiger partial charge is 0.496 e. The quantitative estimate of drug-likeness (QED) is 0.797. The molecule has 0 unspecified atom stereocenters. The molecule has 3 amide bonds. The Labute approximate surface area is 165 Å². The summed E-state index contributed by atoms with van der Waals surface area (Å²) < 4.78 is 5.39. The molecule has 0 bridgehead atoms. The van der Waals surface area contributed by atoms with Crippen LogP contribution in [0, 0.1) is 5.92 Å². The Morgan fingerprint density at radius 2 is 1.93 bits per heavy atom. The van der Waals surface area contributed by atoms with Gasteiger partial charge in [-0.1, -0.05) is 38.1 Å². The average molecular weight is 381 g/mol. The lowest BCUT2D eigenvalue weighted by Crippen LogP contribution is -2.36. The lowest BCUT2D eigenvalue weighted by atomic mass is 10.1. The molecule has 2 aromatic carbocycles. The minimum Gasteiger partial charge on any atom is -0.496 e. The number of hydrogen-bond acceptors (Lipinski definition) is 3. The van der Waals surface area contributed by atoms with Crippen LogP contribution in [0.15, 0.2) is 42.5 Å². The Morgan fingerprint density at radius 1 is 1.14 bits per heavy atom. The fourth-order valence-corrected chi connectivity index (χ4v) is 3.36. The smallest absolute Gasteiger partial charge is 0.318 e. The minimum absolute atomic E-state index is 0.0000333. The number of nitrogens with one attached hydrogen (secondary N) is 2. The highest BCUT2D eigenvalue weighted by atomic mass is 16.5. The number of nitrogens with zero attached hydrogens (tertiary/aromatic N) is 1. The van der Waals surface area contributed by atoms with E-state index in [0.29, 0.717) is 32.0 Å². The molecule has 6 heteroatoms. The van der Waals surface area contributed by atoms with Crippen molar-refractivity contribution < 1.29 is 14.3 Å². The van der Waals surface area contributed by atoms with Crippen molar-refractivity contribution >= 4 is 17.6 Å². The molecular weight excluding hydrogens is 354 g/mol. The Hall–Kier alpha value is -3.02. The van der Waals surface area contributed by atoms with Gasteiger partial charge in [0.1, 0.15) is 5.75 Å². The van der Waals surface area contributed by atoms with Crippen LogP contribution >= 0.6 is 0 Å². The second kappa shape index (κ2) is 8.78. The molecule has 1 aliphatic heterocycles. The van der Waals surface area contributed by atoms with Gasteiger partial charge in [0.05, 0.1) is 13.7 Å². The molecule has 3 rings (SSSR count). The lowest BCUT2D eigenvalue weighted by molar-refractivity contribution is -0.116. The van der Waals surface area contributed by atoms with Crippen LogP contribution in [0.2, 0.25) is 0 Å². The van der Waals surface area contributed by atoms with Crippen molar-refractivity contribution in [2.24, 2.45) is 5.92 Å². The molecule has 2 aromatic rings. The Balaban J connectivity index is 1.55. The van der Waals surface area contributed by atoms with Gasteiger partial charge < -0.3 is 20.3 Å². The third kappa shape index (κ3) is 4.82. The summed E-state index contributed by atoms with van der Waals surface area (Å²) in [6, 6.07) is 13.3. The number of anilines is 1. The maximum Gasteiger partial charge on any atom is 0.318 e. The Bertz CT molecular complexity index is 864. The van der Waals surface area contributed by atoms with Crippen LogP contribution in [0.1, 0.15) is 37.0 Å². The number of rotatable bonds is 6. The Morgan fingerprint density at radius 3 is 2.68 bits per heavy atom. The van der Waals surface area contributed by atoms with E-state index in [-0.39, 0.29) is 11.9 Å².